The van der Waals surface area contributed by atoms with Gasteiger partial charge in [0.2, 0.25) is 0 Å². The van der Waals surface area contributed by atoms with Crippen LogP contribution in [0.25, 0.3) is 11.4 Å². The Bertz CT molecular complexity index is 1120. The molecule has 0 bridgehead atoms. The summed E-state index contributed by atoms with van der Waals surface area (Å²) in [5, 5.41) is 5.96. The molecule has 6 heteroatoms. The number of amides is 2. The van der Waals surface area contributed by atoms with Gasteiger partial charge in [-0.2, -0.15) is 0 Å². The number of carbonyl (C=O) groups is 2. The number of rotatable bonds is 5. The smallest absolute Gasteiger partial charge is 0.276 e. The number of nitrogens with zero attached hydrogens (tertiary/aromatic N) is 2. The minimum Gasteiger partial charge on any atom is -0.349 e. The van der Waals surface area contributed by atoms with E-state index in [0.717, 1.165) is 62.2 Å². The summed E-state index contributed by atoms with van der Waals surface area (Å²) in [4.78, 5) is 30.7. The predicted molar refractivity (Wildman–Crippen MR) is 120 cm³/mol. The summed E-state index contributed by atoms with van der Waals surface area (Å²) >= 11 is 0. The molecule has 0 unspecified atom stereocenters. The maximum Gasteiger partial charge on any atom is 0.276 e. The second kappa shape index (κ2) is 8.38. The van der Waals surface area contributed by atoms with E-state index in [9.17, 15) is 9.59 Å². The zero-order valence-electron chi connectivity index (χ0n) is 17.4. The lowest BCUT2D eigenvalue weighted by Crippen LogP contribution is -2.27. The molecule has 2 amide bonds. The van der Waals surface area contributed by atoms with E-state index in [1.807, 2.05) is 42.5 Å². The van der Waals surface area contributed by atoms with Crippen molar-refractivity contribution in [2.24, 2.45) is 0 Å². The molecule has 2 N–H and O–H groups in total. The number of para-hydroxylation sites is 1. The van der Waals surface area contributed by atoms with Gasteiger partial charge < -0.3 is 15.2 Å². The van der Waals surface area contributed by atoms with Crippen molar-refractivity contribution in [3.05, 3.63) is 71.5 Å². The minimum absolute atomic E-state index is 0.146. The normalized spacial score (nSPS) is 15.6. The highest BCUT2D eigenvalue weighted by molar-refractivity contribution is 6.09. The summed E-state index contributed by atoms with van der Waals surface area (Å²) < 4.78 is 2.20. The molecular weight excluding hydrogens is 388 g/mol. The zero-order chi connectivity index (χ0) is 21.2. The van der Waals surface area contributed by atoms with E-state index in [-0.39, 0.29) is 17.9 Å². The topological polar surface area (TPSA) is 76.0 Å². The largest absolute Gasteiger partial charge is 0.349 e. The standard InChI is InChI=1S/C25H26N4O2/c30-24(26-18-14-15-18)19-11-6-7-12-20(19)27-25(31)22-21-13-5-2-8-16-29(21)23(28-22)17-9-3-1-4-10-17/h1,3-4,6-7,9-12,18H,2,5,8,13-16H2,(H,26,30)(H,27,31). The summed E-state index contributed by atoms with van der Waals surface area (Å²) in [7, 11) is 0. The highest BCUT2D eigenvalue weighted by Crippen LogP contribution is 2.28. The van der Waals surface area contributed by atoms with E-state index >= 15 is 0 Å². The molecule has 6 nitrogen and oxygen atoms in total. The first-order valence-corrected chi connectivity index (χ1v) is 11.1. The maximum absolute atomic E-state index is 13.3. The van der Waals surface area contributed by atoms with Crippen LogP contribution in [0.3, 0.4) is 0 Å². The van der Waals surface area contributed by atoms with Crippen molar-refractivity contribution in [3.63, 3.8) is 0 Å². The molecule has 2 aliphatic rings. The number of hydrogen-bond acceptors (Lipinski definition) is 3. The Balaban J connectivity index is 1.48. The zero-order valence-corrected chi connectivity index (χ0v) is 17.4. The van der Waals surface area contributed by atoms with E-state index < -0.39 is 0 Å². The first kappa shape index (κ1) is 19.5. The lowest BCUT2D eigenvalue weighted by Gasteiger charge is -2.11. The van der Waals surface area contributed by atoms with Crippen LogP contribution in [0, 0.1) is 0 Å². The first-order valence-electron chi connectivity index (χ1n) is 11.1. The third kappa shape index (κ3) is 4.10. The SMILES string of the molecule is O=C(NC1CC1)c1ccccc1NC(=O)c1nc(-c2ccccc2)n2c1CCCCC2. The molecule has 0 atom stereocenters. The molecular formula is C25H26N4O2. The molecule has 5 rings (SSSR count). The Morgan fingerprint density at radius 3 is 2.48 bits per heavy atom. The average molecular weight is 415 g/mol. The summed E-state index contributed by atoms with van der Waals surface area (Å²) in [5.74, 6) is 0.425. The molecule has 2 heterocycles. The molecule has 1 fully saturated rings. The number of fused-ring (bicyclic) bond motifs is 1. The van der Waals surface area contributed by atoms with Crippen molar-refractivity contribution in [2.75, 3.05) is 5.32 Å². The van der Waals surface area contributed by atoms with Gasteiger partial charge in [-0.05, 0) is 44.2 Å². The van der Waals surface area contributed by atoms with Gasteiger partial charge in [-0.25, -0.2) is 4.98 Å². The predicted octanol–water partition coefficient (Wildman–Crippen LogP) is 4.42. The molecule has 0 radical (unpaired) electrons. The number of aromatic nitrogens is 2. The van der Waals surface area contributed by atoms with Gasteiger partial charge in [0.1, 0.15) is 11.5 Å². The number of nitrogens with one attached hydrogen (secondary N) is 2. The van der Waals surface area contributed by atoms with Crippen molar-refractivity contribution < 1.29 is 9.59 Å². The number of hydrogen-bond donors (Lipinski definition) is 2. The van der Waals surface area contributed by atoms with Gasteiger partial charge in [-0.3, -0.25) is 9.59 Å². The van der Waals surface area contributed by atoms with Gasteiger partial charge >= 0.3 is 0 Å². The fourth-order valence-electron chi connectivity index (χ4n) is 4.17. The third-order valence-corrected chi connectivity index (χ3v) is 5.95. The summed E-state index contributed by atoms with van der Waals surface area (Å²) in [6.07, 6.45) is 6.12. The quantitative estimate of drug-likeness (QED) is 0.649. The van der Waals surface area contributed by atoms with E-state index in [1.54, 1.807) is 12.1 Å². The monoisotopic (exact) mass is 414 g/mol. The second-order valence-electron chi connectivity index (χ2n) is 8.31. The molecule has 0 spiro atoms. The van der Waals surface area contributed by atoms with Gasteiger partial charge in [0.05, 0.1) is 16.9 Å². The van der Waals surface area contributed by atoms with Gasteiger partial charge in [0, 0.05) is 18.2 Å². The van der Waals surface area contributed by atoms with Crippen molar-refractivity contribution >= 4 is 17.5 Å². The van der Waals surface area contributed by atoms with Crippen LogP contribution in [0.4, 0.5) is 5.69 Å². The summed E-state index contributed by atoms with van der Waals surface area (Å²) in [6.45, 7) is 0.861. The molecule has 3 aromatic rings. The molecule has 31 heavy (non-hydrogen) atoms. The molecule has 158 valence electrons. The van der Waals surface area contributed by atoms with Crippen LogP contribution in [0.15, 0.2) is 54.6 Å². The number of carbonyl (C=O) groups excluding carboxylic acids is 2. The van der Waals surface area contributed by atoms with Crippen molar-refractivity contribution in [2.45, 2.75) is 51.1 Å². The molecule has 1 aliphatic heterocycles. The van der Waals surface area contributed by atoms with Crippen LogP contribution >= 0.6 is 0 Å². The van der Waals surface area contributed by atoms with E-state index in [2.05, 4.69) is 15.2 Å². The second-order valence-corrected chi connectivity index (χ2v) is 8.31. The highest BCUT2D eigenvalue weighted by Gasteiger charge is 2.27. The average Bonchev–Trinajstić information content (AvgIpc) is 3.58. The number of imidazole rings is 1. The van der Waals surface area contributed by atoms with Crippen LogP contribution < -0.4 is 10.6 Å². The number of benzene rings is 2. The maximum atomic E-state index is 13.3. The Kier molecular flexibility index (Phi) is 5.28. The van der Waals surface area contributed by atoms with E-state index in [1.165, 1.54) is 0 Å². The molecule has 1 aliphatic carbocycles. The third-order valence-electron chi connectivity index (χ3n) is 5.95. The lowest BCUT2D eigenvalue weighted by atomic mass is 10.1. The first-order chi connectivity index (χ1) is 15.2. The Labute approximate surface area is 181 Å². The fourth-order valence-corrected chi connectivity index (χ4v) is 4.17. The lowest BCUT2D eigenvalue weighted by molar-refractivity contribution is 0.0952. The molecule has 0 saturated heterocycles. The Hall–Kier alpha value is -3.41. The van der Waals surface area contributed by atoms with Crippen molar-refractivity contribution in [1.29, 1.82) is 0 Å². The van der Waals surface area contributed by atoms with Crippen molar-refractivity contribution in [3.8, 4) is 11.4 Å². The Morgan fingerprint density at radius 2 is 1.68 bits per heavy atom. The highest BCUT2D eigenvalue weighted by atomic mass is 16.2. The van der Waals surface area contributed by atoms with E-state index in [4.69, 9.17) is 4.98 Å². The van der Waals surface area contributed by atoms with Crippen LogP contribution in [-0.4, -0.2) is 27.4 Å². The van der Waals surface area contributed by atoms with Gasteiger partial charge in [0.25, 0.3) is 11.8 Å². The minimum atomic E-state index is -0.264. The fraction of sp³-hybridized carbons (Fsp3) is 0.320. The van der Waals surface area contributed by atoms with Crippen LogP contribution in [0.2, 0.25) is 0 Å². The number of anilines is 1. The van der Waals surface area contributed by atoms with E-state index in [0.29, 0.717) is 16.9 Å². The van der Waals surface area contributed by atoms with Gasteiger partial charge in [0.15, 0.2) is 0 Å². The van der Waals surface area contributed by atoms with Crippen molar-refractivity contribution in [1.82, 2.24) is 14.9 Å². The van der Waals surface area contributed by atoms with Gasteiger partial charge in [-0.15, -0.1) is 0 Å². The summed E-state index contributed by atoms with van der Waals surface area (Å²) in [6, 6.07) is 17.4. The molecule has 2 aromatic carbocycles. The van der Waals surface area contributed by atoms with Crippen LogP contribution in [0.1, 0.15) is 58.6 Å². The van der Waals surface area contributed by atoms with Crippen LogP contribution in [-0.2, 0) is 13.0 Å². The summed E-state index contributed by atoms with van der Waals surface area (Å²) in [5.41, 5.74) is 3.44. The Morgan fingerprint density at radius 1 is 0.903 bits per heavy atom. The van der Waals surface area contributed by atoms with Crippen LogP contribution in [0.5, 0.6) is 0 Å². The molecule has 1 aromatic heterocycles. The molecule has 1 saturated carbocycles. The van der Waals surface area contributed by atoms with Gasteiger partial charge in [-0.1, -0.05) is 48.9 Å².